The molecule has 2 unspecified atom stereocenters. The van der Waals surface area contributed by atoms with Crippen LogP contribution >= 0.6 is 11.6 Å². The maximum absolute atomic E-state index is 5.92. The Morgan fingerprint density at radius 2 is 2.00 bits per heavy atom. The molecule has 3 heteroatoms. The molecule has 19 heavy (non-hydrogen) atoms. The van der Waals surface area contributed by atoms with Gasteiger partial charge in [-0.2, -0.15) is 0 Å². The van der Waals surface area contributed by atoms with Crippen LogP contribution in [0.2, 0.25) is 5.02 Å². The Labute approximate surface area is 120 Å². The van der Waals surface area contributed by atoms with E-state index in [2.05, 4.69) is 24.4 Å². The predicted octanol–water partition coefficient (Wildman–Crippen LogP) is 3.60. The van der Waals surface area contributed by atoms with Crippen LogP contribution in [0.3, 0.4) is 0 Å². The van der Waals surface area contributed by atoms with E-state index in [0.29, 0.717) is 24.0 Å². The van der Waals surface area contributed by atoms with Crippen LogP contribution in [0.5, 0.6) is 0 Å². The molecule has 2 aliphatic rings. The quantitative estimate of drug-likeness (QED) is 0.909. The molecule has 0 amide bonds. The average molecular weight is 280 g/mol. The molecule has 1 saturated heterocycles. The van der Waals surface area contributed by atoms with E-state index in [1.54, 1.807) is 0 Å². The van der Waals surface area contributed by atoms with Gasteiger partial charge in [0, 0.05) is 24.2 Å². The second-order valence-corrected chi connectivity index (χ2v) is 6.39. The lowest BCUT2D eigenvalue weighted by atomic mass is 9.75. The molecule has 1 N–H and O–H groups in total. The summed E-state index contributed by atoms with van der Waals surface area (Å²) in [5.74, 6) is 1.42. The van der Waals surface area contributed by atoms with Crippen LogP contribution in [0.1, 0.15) is 37.7 Å². The highest BCUT2D eigenvalue weighted by Gasteiger charge is 2.31. The molecule has 0 bridgehead atoms. The van der Waals surface area contributed by atoms with Gasteiger partial charge in [-0.25, -0.2) is 0 Å². The van der Waals surface area contributed by atoms with Crippen LogP contribution in [-0.2, 0) is 4.74 Å². The summed E-state index contributed by atoms with van der Waals surface area (Å²) in [4.78, 5) is 0. The van der Waals surface area contributed by atoms with Gasteiger partial charge < -0.3 is 10.1 Å². The number of hydrogen-bond donors (Lipinski definition) is 1. The first-order valence-corrected chi connectivity index (χ1v) is 7.70. The van der Waals surface area contributed by atoms with E-state index in [1.807, 2.05) is 12.1 Å². The molecule has 104 valence electrons. The molecule has 1 aromatic carbocycles. The minimum Gasteiger partial charge on any atom is -0.378 e. The van der Waals surface area contributed by atoms with Crippen LogP contribution in [-0.4, -0.2) is 25.3 Å². The molecule has 0 radical (unpaired) electrons. The third-order valence-corrected chi connectivity index (χ3v) is 4.93. The van der Waals surface area contributed by atoms with Gasteiger partial charge in [0.1, 0.15) is 0 Å². The number of benzene rings is 1. The highest BCUT2D eigenvalue weighted by atomic mass is 35.5. The highest BCUT2D eigenvalue weighted by Crippen LogP contribution is 2.37. The van der Waals surface area contributed by atoms with Crippen LogP contribution in [0, 0.1) is 5.92 Å². The maximum Gasteiger partial charge on any atom is 0.0588 e. The standard InChI is InChI=1S/C16H22ClNO/c1-11-13(6-7-19-11)10-18-16-8-14(9-16)12-2-4-15(17)5-3-12/h2-5,11,13-14,16,18H,6-10H2,1H3. The second-order valence-electron chi connectivity index (χ2n) is 5.95. The van der Waals surface area contributed by atoms with Gasteiger partial charge >= 0.3 is 0 Å². The van der Waals surface area contributed by atoms with Crippen molar-refractivity contribution >= 4 is 11.6 Å². The molecule has 0 aromatic heterocycles. The first kappa shape index (κ1) is 13.4. The lowest BCUT2D eigenvalue weighted by Gasteiger charge is -2.37. The minimum absolute atomic E-state index is 0.430. The summed E-state index contributed by atoms with van der Waals surface area (Å²) in [5.41, 5.74) is 1.43. The van der Waals surface area contributed by atoms with E-state index in [0.717, 1.165) is 18.2 Å². The van der Waals surface area contributed by atoms with Crippen molar-refractivity contribution in [3.8, 4) is 0 Å². The normalized spacial score (nSPS) is 34.2. The van der Waals surface area contributed by atoms with Crippen molar-refractivity contribution in [2.24, 2.45) is 5.92 Å². The third-order valence-electron chi connectivity index (χ3n) is 4.68. The van der Waals surface area contributed by atoms with Gasteiger partial charge in [-0.15, -0.1) is 0 Å². The average Bonchev–Trinajstić information content (AvgIpc) is 2.75. The molecule has 1 aliphatic heterocycles. The van der Waals surface area contributed by atoms with Gasteiger partial charge in [0.15, 0.2) is 0 Å². The molecular formula is C16H22ClNO. The van der Waals surface area contributed by atoms with Crippen molar-refractivity contribution < 1.29 is 4.74 Å². The zero-order valence-electron chi connectivity index (χ0n) is 11.4. The number of ether oxygens (including phenoxy) is 1. The first-order chi connectivity index (χ1) is 9.22. The van der Waals surface area contributed by atoms with E-state index >= 15 is 0 Å². The fraction of sp³-hybridized carbons (Fsp3) is 0.625. The van der Waals surface area contributed by atoms with E-state index < -0.39 is 0 Å². The van der Waals surface area contributed by atoms with Crippen molar-refractivity contribution in [1.29, 1.82) is 0 Å². The summed E-state index contributed by atoms with van der Waals surface area (Å²) in [7, 11) is 0. The maximum atomic E-state index is 5.92. The summed E-state index contributed by atoms with van der Waals surface area (Å²) in [5, 5.41) is 4.52. The van der Waals surface area contributed by atoms with Gasteiger partial charge in [0.2, 0.25) is 0 Å². The Kier molecular flexibility index (Phi) is 4.11. The fourth-order valence-electron chi connectivity index (χ4n) is 3.15. The Morgan fingerprint density at radius 1 is 1.26 bits per heavy atom. The third kappa shape index (κ3) is 3.13. The molecule has 1 heterocycles. The molecule has 2 fully saturated rings. The van der Waals surface area contributed by atoms with E-state index in [1.165, 1.54) is 24.8 Å². The lowest BCUT2D eigenvalue weighted by molar-refractivity contribution is 0.103. The molecule has 1 saturated carbocycles. The summed E-state index contributed by atoms with van der Waals surface area (Å²) >= 11 is 5.92. The number of nitrogens with one attached hydrogen (secondary N) is 1. The zero-order chi connectivity index (χ0) is 13.2. The van der Waals surface area contributed by atoms with E-state index in [4.69, 9.17) is 16.3 Å². The van der Waals surface area contributed by atoms with E-state index in [9.17, 15) is 0 Å². The monoisotopic (exact) mass is 279 g/mol. The van der Waals surface area contributed by atoms with Gasteiger partial charge in [-0.1, -0.05) is 23.7 Å². The van der Waals surface area contributed by atoms with Gasteiger partial charge in [0.25, 0.3) is 0 Å². The number of halogens is 1. The predicted molar refractivity (Wildman–Crippen MR) is 78.7 cm³/mol. The van der Waals surface area contributed by atoms with Crippen LogP contribution in [0.25, 0.3) is 0 Å². The summed E-state index contributed by atoms with van der Waals surface area (Å²) in [6.45, 7) is 4.24. The van der Waals surface area contributed by atoms with Crippen molar-refractivity contribution in [3.63, 3.8) is 0 Å². The Morgan fingerprint density at radius 3 is 2.63 bits per heavy atom. The van der Waals surface area contributed by atoms with Gasteiger partial charge in [0.05, 0.1) is 6.10 Å². The van der Waals surface area contributed by atoms with Crippen molar-refractivity contribution in [2.75, 3.05) is 13.2 Å². The molecule has 2 atom stereocenters. The molecule has 1 aromatic rings. The Hall–Kier alpha value is -0.570. The van der Waals surface area contributed by atoms with Crippen LogP contribution in [0.15, 0.2) is 24.3 Å². The number of rotatable bonds is 4. The van der Waals surface area contributed by atoms with Gasteiger partial charge in [-0.05, 0) is 55.7 Å². The Bertz CT molecular complexity index is 413. The summed E-state index contributed by atoms with van der Waals surface area (Å²) < 4.78 is 5.60. The van der Waals surface area contributed by atoms with Crippen molar-refractivity contribution in [1.82, 2.24) is 5.32 Å². The molecule has 2 nitrogen and oxygen atoms in total. The highest BCUT2D eigenvalue weighted by molar-refractivity contribution is 6.30. The first-order valence-electron chi connectivity index (χ1n) is 7.33. The van der Waals surface area contributed by atoms with Crippen molar-refractivity contribution in [2.45, 2.75) is 44.2 Å². The van der Waals surface area contributed by atoms with Crippen molar-refractivity contribution in [3.05, 3.63) is 34.9 Å². The molecular weight excluding hydrogens is 258 g/mol. The number of hydrogen-bond acceptors (Lipinski definition) is 2. The second kappa shape index (κ2) is 5.82. The molecule has 1 aliphatic carbocycles. The van der Waals surface area contributed by atoms with Crippen LogP contribution < -0.4 is 5.32 Å². The lowest BCUT2D eigenvalue weighted by Crippen LogP contribution is -2.43. The summed E-state index contributed by atoms with van der Waals surface area (Å²) in [6.07, 6.45) is 4.15. The largest absolute Gasteiger partial charge is 0.378 e. The fourth-order valence-corrected chi connectivity index (χ4v) is 3.28. The van der Waals surface area contributed by atoms with Gasteiger partial charge in [-0.3, -0.25) is 0 Å². The topological polar surface area (TPSA) is 21.3 Å². The smallest absolute Gasteiger partial charge is 0.0588 e. The zero-order valence-corrected chi connectivity index (χ0v) is 12.2. The Balaban J connectivity index is 1.41. The summed E-state index contributed by atoms with van der Waals surface area (Å²) in [6, 6.07) is 9.00. The van der Waals surface area contributed by atoms with Crippen LogP contribution in [0.4, 0.5) is 0 Å². The minimum atomic E-state index is 0.430. The molecule has 0 spiro atoms. The molecule has 3 rings (SSSR count). The van der Waals surface area contributed by atoms with E-state index in [-0.39, 0.29) is 0 Å². The SMILES string of the molecule is CC1OCCC1CNC1CC(c2ccc(Cl)cc2)C1.